The van der Waals surface area contributed by atoms with Crippen molar-refractivity contribution in [2.45, 2.75) is 11.8 Å². The fraction of sp³-hybridized carbons (Fsp3) is 0.118. The Labute approximate surface area is 133 Å². The van der Waals surface area contributed by atoms with E-state index in [0.717, 1.165) is 0 Å². The highest BCUT2D eigenvalue weighted by Gasteiger charge is 2.26. The number of hydrogen-bond acceptors (Lipinski definition) is 4. The zero-order chi connectivity index (χ0) is 16.6. The van der Waals surface area contributed by atoms with Crippen molar-refractivity contribution >= 4 is 20.7 Å². The molecule has 0 saturated carbocycles. The Bertz CT molecular complexity index is 1040. The first-order valence-electron chi connectivity index (χ1n) is 7.12. The molecule has 0 aliphatic rings. The molecule has 3 aromatic rings. The van der Waals surface area contributed by atoms with Crippen molar-refractivity contribution in [3.63, 3.8) is 0 Å². The predicted molar refractivity (Wildman–Crippen MR) is 88.9 cm³/mol. The lowest BCUT2D eigenvalue weighted by molar-refractivity contribution is 0.462. The second-order valence-electron chi connectivity index (χ2n) is 5.07. The molecule has 1 N–H and O–H groups in total. The number of sulfone groups is 1. The Balaban J connectivity index is 2.57. The Kier molecular flexibility index (Phi) is 3.69. The number of para-hydroxylation sites is 2. The Morgan fingerprint density at radius 2 is 1.61 bits per heavy atom. The van der Waals surface area contributed by atoms with E-state index in [4.69, 9.17) is 0 Å². The Morgan fingerprint density at radius 3 is 2.26 bits per heavy atom. The molecule has 0 amide bonds. The minimum Gasteiger partial charge on any atom is -0.506 e. The van der Waals surface area contributed by atoms with Crippen LogP contribution in [0, 0.1) is 0 Å². The third kappa shape index (κ3) is 2.41. The maximum atomic E-state index is 12.8. The van der Waals surface area contributed by atoms with Gasteiger partial charge in [0.05, 0.1) is 11.3 Å². The Hall–Kier alpha value is -2.60. The molecule has 1 aromatic heterocycles. The molecule has 6 heteroatoms. The van der Waals surface area contributed by atoms with Crippen LogP contribution in [0.3, 0.4) is 0 Å². The first-order valence-corrected chi connectivity index (χ1v) is 8.77. The number of pyridine rings is 1. The molecule has 0 aliphatic heterocycles. The topological polar surface area (TPSA) is 76.4 Å². The number of nitrogens with zero attached hydrogens (tertiary/aromatic N) is 1. The van der Waals surface area contributed by atoms with E-state index in [1.807, 2.05) is 0 Å². The predicted octanol–water partition coefficient (Wildman–Crippen LogP) is 2.49. The van der Waals surface area contributed by atoms with E-state index >= 15 is 0 Å². The van der Waals surface area contributed by atoms with E-state index in [0.29, 0.717) is 16.6 Å². The summed E-state index contributed by atoms with van der Waals surface area (Å²) in [6.45, 7) is 1.44. The molecule has 0 aliphatic carbocycles. The van der Waals surface area contributed by atoms with Gasteiger partial charge in [0, 0.05) is 11.1 Å². The van der Waals surface area contributed by atoms with Crippen LogP contribution in [-0.2, 0) is 9.84 Å². The number of aromatic nitrogens is 1. The molecule has 0 radical (unpaired) electrons. The van der Waals surface area contributed by atoms with E-state index in [2.05, 4.69) is 0 Å². The van der Waals surface area contributed by atoms with Crippen LogP contribution in [0.2, 0.25) is 0 Å². The summed E-state index contributed by atoms with van der Waals surface area (Å²) in [5.74, 6) is -0.747. The van der Waals surface area contributed by atoms with Crippen molar-refractivity contribution in [1.29, 1.82) is 0 Å². The van der Waals surface area contributed by atoms with Crippen molar-refractivity contribution in [1.82, 2.24) is 4.57 Å². The van der Waals surface area contributed by atoms with E-state index in [-0.39, 0.29) is 5.75 Å². The molecule has 2 aromatic carbocycles. The van der Waals surface area contributed by atoms with Gasteiger partial charge in [-0.2, -0.15) is 0 Å². The summed E-state index contributed by atoms with van der Waals surface area (Å²) in [4.78, 5) is 12.3. The summed E-state index contributed by atoms with van der Waals surface area (Å²) in [5, 5.41) is 10.7. The minimum atomic E-state index is -3.86. The quantitative estimate of drug-likeness (QED) is 0.801. The van der Waals surface area contributed by atoms with Crippen LogP contribution in [0.15, 0.2) is 64.3 Å². The van der Waals surface area contributed by atoms with Crippen LogP contribution in [0.1, 0.15) is 6.92 Å². The van der Waals surface area contributed by atoms with Gasteiger partial charge >= 0.3 is 0 Å². The first-order chi connectivity index (χ1) is 11.0. The number of aromatic hydroxyl groups is 1. The van der Waals surface area contributed by atoms with Gasteiger partial charge in [-0.1, -0.05) is 37.3 Å². The summed E-state index contributed by atoms with van der Waals surface area (Å²) >= 11 is 0. The van der Waals surface area contributed by atoms with Gasteiger partial charge in [0.25, 0.3) is 5.56 Å². The SMILES string of the molecule is CCS(=O)(=O)c1c(O)c2ccccc2n(-c2ccccc2)c1=O. The van der Waals surface area contributed by atoms with Gasteiger partial charge in [-0.05, 0) is 24.3 Å². The molecule has 0 unspecified atom stereocenters. The van der Waals surface area contributed by atoms with E-state index < -0.39 is 26.0 Å². The normalized spacial score (nSPS) is 11.7. The van der Waals surface area contributed by atoms with Crippen LogP contribution in [0.4, 0.5) is 0 Å². The highest BCUT2D eigenvalue weighted by atomic mass is 32.2. The number of hydrogen-bond donors (Lipinski definition) is 1. The molecule has 0 bridgehead atoms. The monoisotopic (exact) mass is 329 g/mol. The molecular formula is C17H15NO4S. The summed E-state index contributed by atoms with van der Waals surface area (Å²) in [5.41, 5.74) is 0.256. The second-order valence-corrected chi connectivity index (χ2v) is 7.29. The third-order valence-corrected chi connectivity index (χ3v) is 5.47. The molecule has 1 heterocycles. The van der Waals surface area contributed by atoms with Crippen molar-refractivity contribution in [3.05, 3.63) is 65.0 Å². The van der Waals surface area contributed by atoms with Gasteiger partial charge in [0.15, 0.2) is 14.7 Å². The second kappa shape index (κ2) is 5.55. The van der Waals surface area contributed by atoms with E-state index in [1.54, 1.807) is 54.6 Å². The molecular weight excluding hydrogens is 314 g/mol. The van der Waals surface area contributed by atoms with Gasteiger partial charge in [0.2, 0.25) is 0 Å². The van der Waals surface area contributed by atoms with Gasteiger partial charge in [-0.15, -0.1) is 0 Å². The molecule has 0 spiro atoms. The van der Waals surface area contributed by atoms with Crippen molar-refractivity contribution < 1.29 is 13.5 Å². The molecule has 3 rings (SSSR count). The van der Waals surface area contributed by atoms with Crippen molar-refractivity contribution in [2.75, 3.05) is 5.75 Å². The Morgan fingerprint density at radius 1 is 1.00 bits per heavy atom. The average Bonchev–Trinajstić information content (AvgIpc) is 2.56. The molecule has 0 saturated heterocycles. The van der Waals surface area contributed by atoms with E-state index in [1.165, 1.54) is 11.5 Å². The lowest BCUT2D eigenvalue weighted by Gasteiger charge is -2.14. The largest absolute Gasteiger partial charge is 0.506 e. The van der Waals surface area contributed by atoms with Crippen LogP contribution in [-0.4, -0.2) is 23.8 Å². The average molecular weight is 329 g/mol. The highest BCUT2D eigenvalue weighted by molar-refractivity contribution is 7.91. The van der Waals surface area contributed by atoms with Gasteiger partial charge in [0.1, 0.15) is 5.75 Å². The van der Waals surface area contributed by atoms with Crippen LogP contribution in [0.5, 0.6) is 5.75 Å². The fourth-order valence-electron chi connectivity index (χ4n) is 2.56. The lowest BCUT2D eigenvalue weighted by Crippen LogP contribution is -2.26. The number of fused-ring (bicyclic) bond motifs is 1. The standard InChI is InChI=1S/C17H15NO4S/c1-2-23(21,22)16-15(19)13-10-6-7-11-14(13)18(17(16)20)12-8-4-3-5-9-12/h3-11,19H,2H2,1H3. The van der Waals surface area contributed by atoms with Gasteiger partial charge < -0.3 is 5.11 Å². The summed E-state index contributed by atoms with van der Waals surface area (Å²) in [6.07, 6.45) is 0. The van der Waals surface area contributed by atoms with Gasteiger partial charge in [-0.3, -0.25) is 9.36 Å². The molecule has 0 fully saturated rings. The summed E-state index contributed by atoms with van der Waals surface area (Å²) in [7, 11) is -3.86. The fourth-order valence-corrected chi connectivity index (χ4v) is 3.61. The van der Waals surface area contributed by atoms with Crippen LogP contribution in [0.25, 0.3) is 16.6 Å². The van der Waals surface area contributed by atoms with Gasteiger partial charge in [-0.25, -0.2) is 8.42 Å². The van der Waals surface area contributed by atoms with E-state index in [9.17, 15) is 18.3 Å². The minimum absolute atomic E-state index is 0.261. The zero-order valence-electron chi connectivity index (χ0n) is 12.4. The smallest absolute Gasteiger partial charge is 0.278 e. The molecule has 118 valence electrons. The number of benzene rings is 2. The first kappa shape index (κ1) is 15.3. The third-order valence-electron chi connectivity index (χ3n) is 3.72. The highest BCUT2D eigenvalue weighted by Crippen LogP contribution is 2.30. The van der Waals surface area contributed by atoms with Crippen LogP contribution < -0.4 is 5.56 Å². The molecule has 23 heavy (non-hydrogen) atoms. The number of rotatable bonds is 3. The maximum Gasteiger partial charge on any atom is 0.278 e. The van der Waals surface area contributed by atoms with Crippen LogP contribution >= 0.6 is 0 Å². The zero-order valence-corrected chi connectivity index (χ0v) is 13.2. The summed E-state index contributed by atoms with van der Waals surface area (Å²) < 4.78 is 25.9. The van der Waals surface area contributed by atoms with Crippen molar-refractivity contribution in [3.8, 4) is 11.4 Å². The van der Waals surface area contributed by atoms with Crippen molar-refractivity contribution in [2.24, 2.45) is 0 Å². The lowest BCUT2D eigenvalue weighted by atomic mass is 10.2. The maximum absolute atomic E-state index is 12.8. The molecule has 5 nitrogen and oxygen atoms in total. The summed E-state index contributed by atoms with van der Waals surface area (Å²) in [6, 6.07) is 15.4. The molecule has 0 atom stereocenters.